The van der Waals surface area contributed by atoms with Crippen molar-refractivity contribution >= 4 is 87.9 Å². The first-order chi connectivity index (χ1) is 28.8. The number of rotatable bonds is 14. The van der Waals surface area contributed by atoms with Crippen molar-refractivity contribution in [2.75, 3.05) is 30.3 Å². The molecule has 0 saturated heterocycles. The highest BCUT2D eigenvalue weighted by Gasteiger charge is 2.39. The lowest BCUT2D eigenvalue weighted by Crippen LogP contribution is -2.37. The summed E-state index contributed by atoms with van der Waals surface area (Å²) in [6.07, 6.45) is -2.30. The van der Waals surface area contributed by atoms with Crippen LogP contribution in [0.5, 0.6) is 21.9 Å². The summed E-state index contributed by atoms with van der Waals surface area (Å²) in [4.78, 5) is 57.8. The number of ether oxygens (including phenoxy) is 4. The summed E-state index contributed by atoms with van der Waals surface area (Å²) in [6, 6.07) is 6.58. The fraction of sp³-hybridized carbons (Fsp3) is 0.400. The number of benzene rings is 2. The maximum Gasteiger partial charge on any atom is 0.492 e. The lowest BCUT2D eigenvalue weighted by molar-refractivity contribution is -0.145. The number of nitrogens with zero attached hydrogens (tertiary/aromatic N) is 4. The van der Waals surface area contributed by atoms with E-state index in [1.165, 1.54) is 0 Å². The number of carbonyl (C=O) groups is 5. The van der Waals surface area contributed by atoms with E-state index in [9.17, 15) is 34.0 Å². The number of nitrogens with two attached hydrogens (primary N) is 1. The molecule has 3 amide bonds. The van der Waals surface area contributed by atoms with Gasteiger partial charge in [0.15, 0.2) is 0 Å². The Morgan fingerprint density at radius 3 is 1.75 bits per heavy atom. The maximum atomic E-state index is 12.0. The number of aromatic nitrogens is 4. The number of esters is 1. The second-order valence-electron chi connectivity index (χ2n) is 14.2. The zero-order valence-electron chi connectivity index (χ0n) is 33.7. The van der Waals surface area contributed by atoms with Crippen molar-refractivity contribution in [2.24, 2.45) is 5.73 Å². The maximum absolute atomic E-state index is 12.0. The van der Waals surface area contributed by atoms with Crippen LogP contribution in [-0.4, -0.2) is 105 Å². The third kappa shape index (κ3) is 12.9. The molecule has 0 saturated carbocycles. The van der Waals surface area contributed by atoms with Gasteiger partial charge in [0.2, 0.25) is 22.1 Å². The molecule has 2 unspecified atom stereocenters. The van der Waals surface area contributed by atoms with Crippen LogP contribution in [0.25, 0.3) is 0 Å². The first kappa shape index (κ1) is 46.3. The molecule has 2 aliphatic heterocycles. The number of alkyl carbamates (subject to hydrolysis) is 1. The highest BCUT2D eigenvalue weighted by Crippen LogP contribution is 2.36. The fourth-order valence-electron chi connectivity index (χ4n) is 6.02. The van der Waals surface area contributed by atoms with Gasteiger partial charge >= 0.3 is 42.7 Å². The molecule has 4 aromatic rings. The molecule has 2 aromatic heterocycles. The minimum absolute atomic E-state index is 0.0127. The molecule has 0 aliphatic carbocycles. The Kier molecular flexibility index (Phi) is 15.3. The van der Waals surface area contributed by atoms with Gasteiger partial charge in [-0.25, -0.2) is 4.79 Å². The number of aliphatic carboxylic acids is 1. The van der Waals surface area contributed by atoms with E-state index < -0.39 is 61.9 Å². The second kappa shape index (κ2) is 20.2. The molecule has 8 N–H and O–H groups in total. The fourth-order valence-corrected chi connectivity index (χ4v) is 7.28. The van der Waals surface area contributed by atoms with Gasteiger partial charge in [-0.05, 0) is 122 Å². The lowest BCUT2D eigenvalue weighted by Gasteiger charge is -2.19. The first-order valence-electron chi connectivity index (χ1n) is 18.4. The predicted octanol–water partition coefficient (Wildman–Crippen LogP) is 1.58. The molecule has 6 rings (SSSR count). The van der Waals surface area contributed by atoms with E-state index in [4.69, 9.17) is 39.1 Å². The van der Waals surface area contributed by atoms with Crippen molar-refractivity contribution in [3.63, 3.8) is 0 Å². The molecule has 61 heavy (non-hydrogen) atoms. The Bertz CT molecular complexity index is 2270. The van der Waals surface area contributed by atoms with E-state index in [2.05, 4.69) is 36.3 Å². The second-order valence-corrected chi connectivity index (χ2v) is 16.0. The monoisotopic (exact) mass is 884 g/mol. The number of nitrogens with one attached hydrogen (secondary N) is 3. The molecule has 2 atom stereocenters. The number of anilines is 2. The zero-order chi connectivity index (χ0) is 44.6. The molecular weight excluding hydrogens is 842 g/mol. The highest BCUT2D eigenvalue weighted by molar-refractivity contribution is 7.17. The Balaban J connectivity index is 0.000000241. The summed E-state index contributed by atoms with van der Waals surface area (Å²) in [5.74, 6) is -1.59. The number of hydrogen-bond acceptors (Lipinski definition) is 20. The van der Waals surface area contributed by atoms with E-state index in [1.54, 1.807) is 58.9 Å². The number of hydrogen-bond donors (Lipinski definition) is 7. The van der Waals surface area contributed by atoms with Gasteiger partial charge in [0.05, 0.1) is 38.2 Å². The average molecular weight is 885 g/mol. The van der Waals surface area contributed by atoms with E-state index >= 15 is 0 Å². The molecule has 26 heteroatoms. The number of aryl methyl sites for hydroxylation is 2. The van der Waals surface area contributed by atoms with Crippen LogP contribution in [-0.2, 0) is 38.0 Å². The van der Waals surface area contributed by atoms with Crippen molar-refractivity contribution in [3.05, 3.63) is 46.5 Å². The normalized spacial score (nSPS) is 15.2. The van der Waals surface area contributed by atoms with Gasteiger partial charge in [-0.15, -0.1) is 10.2 Å². The lowest BCUT2D eigenvalue weighted by atomic mass is 9.77. The van der Waals surface area contributed by atoms with Crippen molar-refractivity contribution < 1.29 is 67.4 Å². The summed E-state index contributed by atoms with van der Waals surface area (Å²) in [5, 5.41) is 52.8. The predicted molar refractivity (Wildman–Crippen MR) is 219 cm³/mol. The zero-order valence-corrected chi connectivity index (χ0v) is 35.3. The number of carboxylic acid groups (broad SMARTS) is 1. The molecule has 2 aromatic carbocycles. The van der Waals surface area contributed by atoms with Crippen LogP contribution < -0.4 is 42.1 Å². The first-order valence-corrected chi connectivity index (χ1v) is 20.1. The average Bonchev–Trinajstić information content (AvgIpc) is 3.94. The molecule has 22 nitrogen and oxygen atoms in total. The SMILES string of the molecule is CCOC(=O)CC1OB(O)c2cc(Oc3nnc(NC(=O)CNC(=O)OC(C)(C)C)s3)cc(C)c21.Cc1cc(Oc2nnc(NC(=O)CN)s2)cc2c1C(CC(=O)O)OB2O. The van der Waals surface area contributed by atoms with Crippen molar-refractivity contribution in [1.29, 1.82) is 0 Å². The smallest absolute Gasteiger partial charge is 0.481 e. The standard InChI is InChI=1S/C21H27BN4O8S.C14H15BN4O6S/c1-6-31-16(28)9-14-17-11(2)7-12(8-13(17)22(30)34-14)32-20-26-25-18(35-20)24-15(27)10-23-19(29)33-21(3,4)5;1-6-2-7(24-14-19-18-13(26-14)17-10(20)5-16)3-8-12(6)9(4-11(21)22)25-15(8)23/h7-8,14,30H,6,9-10H2,1-5H3,(H,23,29)(H,24,25,27);2-3,9,23H,4-5,16H2,1H3,(H,21,22)(H,17,18,20). The van der Waals surface area contributed by atoms with Crippen molar-refractivity contribution in [1.82, 2.24) is 25.7 Å². The molecule has 0 bridgehead atoms. The van der Waals surface area contributed by atoms with Crippen LogP contribution in [0.1, 0.15) is 75.0 Å². The number of fused-ring (bicyclic) bond motifs is 2. The largest absolute Gasteiger partial charge is 0.492 e. The van der Waals surface area contributed by atoms with Crippen molar-refractivity contribution in [2.45, 2.75) is 72.2 Å². The van der Waals surface area contributed by atoms with Crippen LogP contribution in [0.3, 0.4) is 0 Å². The topological polar surface area (TPSA) is 315 Å². The molecule has 0 radical (unpaired) electrons. The quantitative estimate of drug-likeness (QED) is 0.0698. The van der Waals surface area contributed by atoms with Crippen LogP contribution in [0.2, 0.25) is 0 Å². The van der Waals surface area contributed by atoms with Gasteiger partial charge in [-0.3, -0.25) is 29.8 Å². The van der Waals surface area contributed by atoms with Gasteiger partial charge in [0, 0.05) is 0 Å². The van der Waals surface area contributed by atoms with Gasteiger partial charge in [0.1, 0.15) is 23.6 Å². The summed E-state index contributed by atoms with van der Waals surface area (Å²) in [7, 11) is -2.45. The molecular formula is C35H42B2N8O14S2. The summed E-state index contributed by atoms with van der Waals surface area (Å²) >= 11 is 2.00. The molecule has 0 spiro atoms. The van der Waals surface area contributed by atoms with E-state index in [0.717, 1.165) is 33.8 Å². The van der Waals surface area contributed by atoms with Gasteiger partial charge in [-0.2, -0.15) is 0 Å². The summed E-state index contributed by atoms with van der Waals surface area (Å²) in [5.41, 5.74) is 8.31. The van der Waals surface area contributed by atoms with Crippen LogP contribution in [0, 0.1) is 13.8 Å². The summed E-state index contributed by atoms with van der Waals surface area (Å²) in [6.45, 7) is 10.2. The number of carbonyl (C=O) groups excluding carboxylic acids is 4. The Morgan fingerprint density at radius 1 is 0.803 bits per heavy atom. The molecule has 324 valence electrons. The third-order valence-corrected chi connectivity index (χ3v) is 9.69. The Morgan fingerprint density at radius 2 is 1.30 bits per heavy atom. The Labute approximate surface area is 356 Å². The number of amides is 3. The van der Waals surface area contributed by atoms with Gasteiger partial charge in [-0.1, -0.05) is 10.2 Å². The van der Waals surface area contributed by atoms with Crippen LogP contribution >= 0.6 is 22.7 Å². The molecule has 4 heterocycles. The molecule has 2 aliphatic rings. The van der Waals surface area contributed by atoms with E-state index in [0.29, 0.717) is 33.6 Å². The van der Waals surface area contributed by atoms with Gasteiger partial charge in [0.25, 0.3) is 0 Å². The van der Waals surface area contributed by atoms with E-state index in [-0.39, 0.29) is 53.2 Å². The van der Waals surface area contributed by atoms with Crippen LogP contribution in [0.4, 0.5) is 15.1 Å². The summed E-state index contributed by atoms with van der Waals surface area (Å²) < 4.78 is 32.3. The Hall–Kier alpha value is -5.76. The minimum atomic E-state index is -1.23. The van der Waals surface area contributed by atoms with E-state index in [1.807, 2.05) is 6.92 Å². The number of carboxylic acids is 1. The molecule has 0 fully saturated rings. The van der Waals surface area contributed by atoms with Crippen LogP contribution in [0.15, 0.2) is 24.3 Å². The van der Waals surface area contributed by atoms with Crippen molar-refractivity contribution in [3.8, 4) is 21.9 Å². The third-order valence-electron chi connectivity index (χ3n) is 8.26. The highest BCUT2D eigenvalue weighted by atomic mass is 32.1. The minimum Gasteiger partial charge on any atom is -0.481 e. The van der Waals surface area contributed by atoms with Gasteiger partial charge < -0.3 is 54.5 Å².